The summed E-state index contributed by atoms with van der Waals surface area (Å²) in [5.74, 6) is 1.47. The fourth-order valence-electron chi connectivity index (χ4n) is 2.57. The van der Waals surface area contributed by atoms with Crippen LogP contribution in [0.2, 0.25) is 0 Å². The van der Waals surface area contributed by atoms with Crippen molar-refractivity contribution in [1.29, 1.82) is 0 Å². The Labute approximate surface area is 167 Å². The number of thiophene rings is 1. The molecular formula is C20H22N4OS2. The average molecular weight is 399 g/mol. The molecule has 2 aromatic heterocycles. The van der Waals surface area contributed by atoms with Crippen molar-refractivity contribution in [2.45, 2.75) is 31.5 Å². The maximum Gasteiger partial charge on any atom is 0.234 e. The molecule has 1 N–H and O–H groups in total. The third-order valence-electron chi connectivity index (χ3n) is 4.00. The van der Waals surface area contributed by atoms with Crippen LogP contribution in [0.3, 0.4) is 0 Å². The second-order valence-electron chi connectivity index (χ2n) is 6.33. The molecule has 0 spiro atoms. The number of amides is 1. The van der Waals surface area contributed by atoms with Crippen LogP contribution < -0.4 is 5.32 Å². The van der Waals surface area contributed by atoms with E-state index in [4.69, 9.17) is 0 Å². The molecule has 140 valence electrons. The van der Waals surface area contributed by atoms with Gasteiger partial charge in [0.25, 0.3) is 0 Å². The number of nitrogens with zero attached hydrogens (tertiary/aromatic N) is 3. The Hall–Kier alpha value is -2.38. The summed E-state index contributed by atoms with van der Waals surface area (Å²) in [6.07, 6.45) is 1.81. The molecule has 0 saturated carbocycles. The normalized spacial score (nSPS) is 10.9. The number of aromatic nitrogens is 3. The van der Waals surface area contributed by atoms with Gasteiger partial charge in [-0.05, 0) is 35.1 Å². The summed E-state index contributed by atoms with van der Waals surface area (Å²) in [7, 11) is 0. The van der Waals surface area contributed by atoms with Crippen molar-refractivity contribution in [3.63, 3.8) is 0 Å². The lowest BCUT2D eigenvalue weighted by atomic mass is 10.0. The molecule has 0 unspecified atom stereocenters. The maximum absolute atomic E-state index is 12.3. The summed E-state index contributed by atoms with van der Waals surface area (Å²) >= 11 is 2.99. The van der Waals surface area contributed by atoms with Gasteiger partial charge in [-0.25, -0.2) is 0 Å². The lowest BCUT2D eigenvalue weighted by molar-refractivity contribution is -0.113. The van der Waals surface area contributed by atoms with E-state index < -0.39 is 0 Å². The Kier molecular flexibility index (Phi) is 6.47. The monoisotopic (exact) mass is 398 g/mol. The van der Waals surface area contributed by atoms with Crippen LogP contribution in [0.5, 0.6) is 0 Å². The zero-order valence-electron chi connectivity index (χ0n) is 15.4. The molecule has 1 amide bonds. The quantitative estimate of drug-likeness (QED) is 0.426. The Bertz CT molecular complexity index is 899. The van der Waals surface area contributed by atoms with Crippen LogP contribution >= 0.6 is 23.1 Å². The minimum Gasteiger partial charge on any atom is -0.325 e. The first-order chi connectivity index (χ1) is 13.1. The molecule has 3 rings (SSSR count). The van der Waals surface area contributed by atoms with Gasteiger partial charge in [0.15, 0.2) is 11.0 Å². The van der Waals surface area contributed by atoms with Crippen LogP contribution in [-0.4, -0.2) is 26.4 Å². The Balaban J connectivity index is 1.64. The molecule has 0 aliphatic heterocycles. The van der Waals surface area contributed by atoms with Gasteiger partial charge in [-0.2, -0.15) is 11.3 Å². The van der Waals surface area contributed by atoms with Crippen molar-refractivity contribution in [3.05, 3.63) is 59.3 Å². The molecule has 0 aliphatic carbocycles. The number of benzene rings is 1. The van der Waals surface area contributed by atoms with E-state index in [1.54, 1.807) is 17.4 Å². The number of carbonyl (C=O) groups is 1. The number of allylic oxidation sites excluding steroid dienone is 1. The zero-order valence-corrected chi connectivity index (χ0v) is 17.0. The molecule has 0 atom stereocenters. The number of hydrogen-bond acceptors (Lipinski definition) is 5. The standard InChI is InChI=1S/C20H22N4OS2/c1-4-10-24-19(16-9-11-26-12-16)22-23-20(24)27-13-18(25)21-17-7-5-15(6-8-17)14(2)3/h4-9,11-12,14H,1,10,13H2,2-3H3,(H,21,25). The predicted octanol–water partition coefficient (Wildman–Crippen LogP) is 5.05. The minimum absolute atomic E-state index is 0.0671. The number of hydrogen-bond donors (Lipinski definition) is 1. The van der Waals surface area contributed by atoms with Crippen LogP contribution in [0.1, 0.15) is 25.3 Å². The highest BCUT2D eigenvalue weighted by atomic mass is 32.2. The highest BCUT2D eigenvalue weighted by molar-refractivity contribution is 7.99. The molecule has 0 fully saturated rings. The molecule has 5 nitrogen and oxygen atoms in total. The van der Waals surface area contributed by atoms with E-state index in [0.29, 0.717) is 17.6 Å². The summed E-state index contributed by atoms with van der Waals surface area (Å²) < 4.78 is 1.98. The molecule has 0 bridgehead atoms. The average Bonchev–Trinajstić information content (AvgIpc) is 3.30. The smallest absolute Gasteiger partial charge is 0.234 e. The van der Waals surface area contributed by atoms with E-state index in [1.807, 2.05) is 45.7 Å². The molecule has 27 heavy (non-hydrogen) atoms. The van der Waals surface area contributed by atoms with Crippen LogP contribution in [0.4, 0.5) is 5.69 Å². The van der Waals surface area contributed by atoms with Gasteiger partial charge >= 0.3 is 0 Å². The fraction of sp³-hybridized carbons (Fsp3) is 0.250. The summed E-state index contributed by atoms with van der Waals surface area (Å²) in [5.41, 5.74) is 3.08. The minimum atomic E-state index is -0.0671. The van der Waals surface area contributed by atoms with Gasteiger partial charge < -0.3 is 5.32 Å². The summed E-state index contributed by atoms with van der Waals surface area (Å²) in [6, 6.07) is 9.97. The fourth-order valence-corrected chi connectivity index (χ4v) is 3.96. The Morgan fingerprint density at radius 3 is 2.70 bits per heavy atom. The van der Waals surface area contributed by atoms with E-state index in [1.165, 1.54) is 17.3 Å². The van der Waals surface area contributed by atoms with Crippen molar-refractivity contribution in [2.24, 2.45) is 0 Å². The molecule has 2 heterocycles. The van der Waals surface area contributed by atoms with Crippen molar-refractivity contribution in [2.75, 3.05) is 11.1 Å². The SMILES string of the molecule is C=CCn1c(SCC(=O)Nc2ccc(C(C)C)cc2)nnc1-c1ccsc1. The first-order valence-electron chi connectivity index (χ1n) is 8.67. The number of rotatable bonds is 8. The highest BCUT2D eigenvalue weighted by Crippen LogP contribution is 2.26. The van der Waals surface area contributed by atoms with Crippen molar-refractivity contribution in [3.8, 4) is 11.4 Å². The van der Waals surface area contributed by atoms with E-state index in [2.05, 4.69) is 35.9 Å². The first kappa shape index (κ1) is 19.4. The third-order valence-corrected chi connectivity index (χ3v) is 5.65. The molecule has 1 aromatic carbocycles. The largest absolute Gasteiger partial charge is 0.325 e. The van der Waals surface area contributed by atoms with Gasteiger partial charge in [-0.3, -0.25) is 9.36 Å². The second kappa shape index (κ2) is 9.01. The summed E-state index contributed by atoms with van der Waals surface area (Å²) in [4.78, 5) is 12.3. The highest BCUT2D eigenvalue weighted by Gasteiger charge is 2.15. The van der Waals surface area contributed by atoms with Gasteiger partial charge in [0, 0.05) is 23.2 Å². The van der Waals surface area contributed by atoms with E-state index in [0.717, 1.165) is 17.1 Å². The second-order valence-corrected chi connectivity index (χ2v) is 8.05. The molecular weight excluding hydrogens is 376 g/mol. The first-order valence-corrected chi connectivity index (χ1v) is 10.6. The molecule has 7 heteroatoms. The van der Waals surface area contributed by atoms with Gasteiger partial charge in [0.1, 0.15) is 0 Å². The number of nitrogens with one attached hydrogen (secondary N) is 1. The zero-order chi connectivity index (χ0) is 19.2. The van der Waals surface area contributed by atoms with Gasteiger partial charge in [0.05, 0.1) is 5.75 Å². The van der Waals surface area contributed by atoms with Crippen molar-refractivity contribution in [1.82, 2.24) is 14.8 Å². The van der Waals surface area contributed by atoms with Gasteiger partial charge in [0.2, 0.25) is 5.91 Å². The molecule has 0 saturated heterocycles. The molecule has 0 radical (unpaired) electrons. The van der Waals surface area contributed by atoms with Crippen LogP contribution in [-0.2, 0) is 11.3 Å². The van der Waals surface area contributed by atoms with Crippen LogP contribution in [0, 0.1) is 0 Å². The number of thioether (sulfide) groups is 1. The van der Waals surface area contributed by atoms with Gasteiger partial charge in [-0.15, -0.1) is 16.8 Å². The predicted molar refractivity (Wildman–Crippen MR) is 113 cm³/mol. The molecule has 3 aromatic rings. The van der Waals surface area contributed by atoms with Crippen LogP contribution in [0.25, 0.3) is 11.4 Å². The lowest BCUT2D eigenvalue weighted by Crippen LogP contribution is -2.14. The summed E-state index contributed by atoms with van der Waals surface area (Å²) in [6.45, 7) is 8.70. The Morgan fingerprint density at radius 2 is 2.07 bits per heavy atom. The van der Waals surface area contributed by atoms with E-state index >= 15 is 0 Å². The Morgan fingerprint density at radius 1 is 1.30 bits per heavy atom. The van der Waals surface area contributed by atoms with Gasteiger partial charge in [-0.1, -0.05) is 43.8 Å². The van der Waals surface area contributed by atoms with E-state index in [-0.39, 0.29) is 11.7 Å². The number of anilines is 1. The lowest BCUT2D eigenvalue weighted by Gasteiger charge is -2.09. The summed E-state index contributed by atoms with van der Waals surface area (Å²) in [5, 5.41) is 16.2. The topological polar surface area (TPSA) is 59.8 Å². The van der Waals surface area contributed by atoms with E-state index in [9.17, 15) is 4.79 Å². The van der Waals surface area contributed by atoms with Crippen LogP contribution in [0.15, 0.2) is 58.9 Å². The van der Waals surface area contributed by atoms with Crippen molar-refractivity contribution >= 4 is 34.7 Å². The molecule has 0 aliphatic rings. The van der Waals surface area contributed by atoms with Crippen molar-refractivity contribution < 1.29 is 4.79 Å². The third kappa shape index (κ3) is 4.87. The maximum atomic E-state index is 12.3. The number of carbonyl (C=O) groups excluding carboxylic acids is 1.